The molecule has 0 atom stereocenters. The van der Waals surface area contributed by atoms with Gasteiger partial charge < -0.3 is 15.2 Å². The molecule has 0 spiro atoms. The van der Waals surface area contributed by atoms with E-state index < -0.39 is 7.12 Å². The van der Waals surface area contributed by atoms with E-state index in [1.54, 1.807) is 6.07 Å². The minimum atomic E-state index is -1.47. The molecule has 0 aliphatic heterocycles. The number of phenols is 1. The predicted octanol–water partition coefficient (Wildman–Crippen LogP) is 0.271. The molecule has 0 aliphatic rings. The molecule has 14 heavy (non-hydrogen) atoms. The van der Waals surface area contributed by atoms with Crippen molar-refractivity contribution in [3.05, 3.63) is 23.8 Å². The van der Waals surface area contributed by atoms with Crippen LogP contribution < -0.4 is 5.46 Å². The highest BCUT2D eigenvalue weighted by Gasteiger charge is 2.13. The molecular weight excluding hydrogens is 179 g/mol. The summed E-state index contributed by atoms with van der Waals surface area (Å²) in [5, 5.41) is 27.4. The van der Waals surface area contributed by atoms with Crippen LogP contribution in [0.1, 0.15) is 19.4 Å². The van der Waals surface area contributed by atoms with Crippen molar-refractivity contribution in [1.82, 2.24) is 0 Å². The Morgan fingerprint density at radius 3 is 2.43 bits per heavy atom. The summed E-state index contributed by atoms with van der Waals surface area (Å²) in [6, 6.07) is 4.62. The van der Waals surface area contributed by atoms with E-state index in [4.69, 9.17) is 10.0 Å². The highest BCUT2D eigenvalue weighted by molar-refractivity contribution is 6.58. The predicted molar refractivity (Wildman–Crippen MR) is 56.5 cm³/mol. The van der Waals surface area contributed by atoms with Crippen molar-refractivity contribution in [2.24, 2.45) is 5.92 Å². The van der Waals surface area contributed by atoms with Gasteiger partial charge in [-0.1, -0.05) is 26.0 Å². The second-order valence-corrected chi connectivity index (χ2v) is 3.86. The van der Waals surface area contributed by atoms with Crippen LogP contribution in [0, 0.1) is 5.92 Å². The van der Waals surface area contributed by atoms with Gasteiger partial charge >= 0.3 is 7.12 Å². The molecule has 0 saturated carbocycles. The molecule has 0 radical (unpaired) electrons. The second kappa shape index (κ2) is 4.48. The Morgan fingerprint density at radius 1 is 1.29 bits per heavy atom. The molecule has 3 nitrogen and oxygen atoms in total. The quantitative estimate of drug-likeness (QED) is 0.605. The third-order valence-electron chi connectivity index (χ3n) is 2.03. The zero-order chi connectivity index (χ0) is 10.7. The number of rotatable bonds is 3. The van der Waals surface area contributed by atoms with Crippen molar-refractivity contribution in [1.29, 1.82) is 0 Å². The Kier molecular flexibility index (Phi) is 3.55. The molecule has 0 bridgehead atoms. The van der Waals surface area contributed by atoms with E-state index in [2.05, 4.69) is 0 Å². The maximum atomic E-state index is 9.50. The molecule has 0 unspecified atom stereocenters. The van der Waals surface area contributed by atoms with Crippen molar-refractivity contribution in [3.63, 3.8) is 0 Å². The number of aromatic hydroxyl groups is 1. The lowest BCUT2D eigenvalue weighted by Gasteiger charge is -2.09. The van der Waals surface area contributed by atoms with Gasteiger partial charge in [0, 0.05) is 0 Å². The third kappa shape index (κ3) is 2.75. The average Bonchev–Trinajstić information content (AvgIpc) is 2.07. The summed E-state index contributed by atoms with van der Waals surface area (Å²) in [4.78, 5) is 0. The summed E-state index contributed by atoms with van der Waals surface area (Å²) in [7, 11) is -1.47. The highest BCUT2D eigenvalue weighted by atomic mass is 16.4. The fraction of sp³-hybridized carbons (Fsp3) is 0.400. The standard InChI is InChI=1S/C10H15BO3/c1-7(2)5-8-6-9(11(13)14)3-4-10(8)12/h3-4,6-7,12-14H,5H2,1-2H3. The third-order valence-corrected chi connectivity index (χ3v) is 2.03. The van der Waals surface area contributed by atoms with Crippen LogP contribution in [-0.4, -0.2) is 22.3 Å². The minimum Gasteiger partial charge on any atom is -0.508 e. The zero-order valence-electron chi connectivity index (χ0n) is 8.44. The first-order chi connectivity index (χ1) is 6.50. The van der Waals surface area contributed by atoms with Crippen molar-refractivity contribution < 1.29 is 15.2 Å². The zero-order valence-corrected chi connectivity index (χ0v) is 8.44. The monoisotopic (exact) mass is 194 g/mol. The molecule has 0 saturated heterocycles. The summed E-state index contributed by atoms with van der Waals surface area (Å²) in [5.74, 6) is 0.634. The van der Waals surface area contributed by atoms with Gasteiger partial charge in [-0.15, -0.1) is 0 Å². The molecule has 3 N–H and O–H groups in total. The molecule has 1 aromatic carbocycles. The van der Waals surface area contributed by atoms with Gasteiger partial charge in [0.15, 0.2) is 0 Å². The topological polar surface area (TPSA) is 60.7 Å². The number of hydrogen-bond acceptors (Lipinski definition) is 3. The highest BCUT2D eigenvalue weighted by Crippen LogP contribution is 2.18. The first kappa shape index (κ1) is 11.1. The minimum absolute atomic E-state index is 0.211. The van der Waals surface area contributed by atoms with Gasteiger partial charge in [0.05, 0.1) is 0 Å². The van der Waals surface area contributed by atoms with Crippen LogP contribution in [-0.2, 0) is 6.42 Å². The maximum absolute atomic E-state index is 9.50. The van der Waals surface area contributed by atoms with Gasteiger partial charge in [0.2, 0.25) is 0 Å². The van der Waals surface area contributed by atoms with Crippen molar-refractivity contribution in [2.45, 2.75) is 20.3 Å². The normalized spacial score (nSPS) is 10.6. The summed E-state index contributed by atoms with van der Waals surface area (Å²) < 4.78 is 0. The van der Waals surface area contributed by atoms with Crippen molar-refractivity contribution >= 4 is 12.6 Å². The molecule has 0 fully saturated rings. The molecule has 1 aromatic rings. The molecule has 0 aromatic heterocycles. The van der Waals surface area contributed by atoms with Crippen LogP contribution in [0.25, 0.3) is 0 Å². The fourth-order valence-corrected chi connectivity index (χ4v) is 1.37. The van der Waals surface area contributed by atoms with Crippen LogP contribution in [0.2, 0.25) is 0 Å². The smallest absolute Gasteiger partial charge is 0.488 e. The van der Waals surface area contributed by atoms with E-state index in [1.165, 1.54) is 12.1 Å². The maximum Gasteiger partial charge on any atom is 0.488 e. The largest absolute Gasteiger partial charge is 0.508 e. The van der Waals surface area contributed by atoms with Gasteiger partial charge in [-0.05, 0) is 29.4 Å². The lowest BCUT2D eigenvalue weighted by atomic mass is 9.79. The molecular formula is C10H15BO3. The molecule has 0 aliphatic carbocycles. The van der Waals surface area contributed by atoms with Gasteiger partial charge in [-0.2, -0.15) is 0 Å². The van der Waals surface area contributed by atoms with E-state index in [0.717, 1.165) is 12.0 Å². The van der Waals surface area contributed by atoms with Crippen LogP contribution in [0.15, 0.2) is 18.2 Å². The van der Waals surface area contributed by atoms with Gasteiger partial charge in [-0.25, -0.2) is 0 Å². The van der Waals surface area contributed by atoms with Crippen molar-refractivity contribution in [2.75, 3.05) is 0 Å². The Balaban J connectivity index is 2.96. The van der Waals surface area contributed by atoms with E-state index in [-0.39, 0.29) is 5.75 Å². The number of hydrogen-bond donors (Lipinski definition) is 3. The summed E-state index contributed by atoms with van der Waals surface area (Å²) in [6.07, 6.45) is 0.729. The molecule has 1 rings (SSSR count). The first-order valence-corrected chi connectivity index (χ1v) is 4.68. The first-order valence-electron chi connectivity index (χ1n) is 4.68. The summed E-state index contributed by atoms with van der Waals surface area (Å²) in [6.45, 7) is 4.09. The Hall–Kier alpha value is -0.995. The molecule has 0 amide bonds. The fourth-order valence-electron chi connectivity index (χ4n) is 1.37. The van der Waals surface area contributed by atoms with Gasteiger partial charge in [0.1, 0.15) is 5.75 Å². The Morgan fingerprint density at radius 2 is 1.93 bits per heavy atom. The van der Waals surface area contributed by atoms with Gasteiger partial charge in [0.25, 0.3) is 0 Å². The van der Waals surface area contributed by atoms with Crippen LogP contribution in [0.4, 0.5) is 0 Å². The molecule has 76 valence electrons. The van der Waals surface area contributed by atoms with Gasteiger partial charge in [-0.3, -0.25) is 0 Å². The average molecular weight is 194 g/mol. The van der Waals surface area contributed by atoms with E-state index in [0.29, 0.717) is 11.4 Å². The van der Waals surface area contributed by atoms with E-state index in [1.807, 2.05) is 13.8 Å². The molecule has 4 heteroatoms. The van der Waals surface area contributed by atoms with E-state index >= 15 is 0 Å². The lowest BCUT2D eigenvalue weighted by Crippen LogP contribution is -2.30. The van der Waals surface area contributed by atoms with Crippen LogP contribution in [0.5, 0.6) is 5.75 Å². The van der Waals surface area contributed by atoms with Crippen LogP contribution >= 0.6 is 0 Å². The van der Waals surface area contributed by atoms with E-state index in [9.17, 15) is 5.11 Å². The van der Waals surface area contributed by atoms with Crippen molar-refractivity contribution in [3.8, 4) is 5.75 Å². The summed E-state index contributed by atoms with van der Waals surface area (Å²) in [5.41, 5.74) is 1.17. The Labute approximate surface area is 84.2 Å². The number of phenolic OH excluding ortho intramolecular Hbond substituents is 1. The number of benzene rings is 1. The SMILES string of the molecule is CC(C)Cc1cc(B(O)O)ccc1O. The molecule has 0 heterocycles. The lowest BCUT2D eigenvalue weighted by molar-refractivity contribution is 0.425. The Bertz CT molecular complexity index is 310. The second-order valence-electron chi connectivity index (χ2n) is 3.86. The van der Waals surface area contributed by atoms with Crippen LogP contribution in [0.3, 0.4) is 0 Å². The summed E-state index contributed by atoms with van der Waals surface area (Å²) >= 11 is 0.